The predicted octanol–water partition coefficient (Wildman–Crippen LogP) is 6.14. The number of rotatable bonds is 5. The highest BCUT2D eigenvalue weighted by molar-refractivity contribution is 9.10. The topological polar surface area (TPSA) is 87.1 Å². The molecule has 1 heterocycles. The SMILES string of the molecule is CCOc1cc(C2/C(=C(\O)c3ccc(Br)cc3)C(=O)C(=O)N2c2ccc(C)c(Cl)c2)ccc1O. The summed E-state index contributed by atoms with van der Waals surface area (Å²) in [7, 11) is 0. The highest BCUT2D eigenvalue weighted by atomic mass is 79.9. The van der Waals surface area contributed by atoms with Gasteiger partial charge in [-0.25, -0.2) is 0 Å². The molecule has 4 rings (SSSR count). The van der Waals surface area contributed by atoms with Crippen LogP contribution in [0.25, 0.3) is 5.76 Å². The highest BCUT2D eigenvalue weighted by Gasteiger charge is 2.47. The Morgan fingerprint density at radius 3 is 2.44 bits per heavy atom. The molecule has 3 aromatic carbocycles. The summed E-state index contributed by atoms with van der Waals surface area (Å²) >= 11 is 9.68. The lowest BCUT2D eigenvalue weighted by Gasteiger charge is -2.26. The minimum absolute atomic E-state index is 0.0721. The molecule has 1 amide bonds. The molecule has 1 saturated heterocycles. The lowest BCUT2D eigenvalue weighted by Crippen LogP contribution is -2.29. The van der Waals surface area contributed by atoms with Gasteiger partial charge in [0, 0.05) is 20.7 Å². The Hall–Kier alpha value is -3.29. The van der Waals surface area contributed by atoms with E-state index in [4.69, 9.17) is 16.3 Å². The van der Waals surface area contributed by atoms with E-state index < -0.39 is 17.7 Å². The van der Waals surface area contributed by atoms with Gasteiger partial charge in [-0.15, -0.1) is 0 Å². The molecule has 0 saturated carbocycles. The molecular weight excluding hydrogens is 522 g/mol. The average Bonchev–Trinajstić information content (AvgIpc) is 3.08. The number of carbonyl (C=O) groups is 2. The Labute approximate surface area is 210 Å². The monoisotopic (exact) mass is 541 g/mol. The fourth-order valence-corrected chi connectivity index (χ4v) is 4.32. The number of nitrogens with zero attached hydrogens (tertiary/aromatic N) is 1. The zero-order valence-electron chi connectivity index (χ0n) is 18.4. The van der Waals surface area contributed by atoms with Crippen LogP contribution in [-0.2, 0) is 9.59 Å². The van der Waals surface area contributed by atoms with E-state index in [9.17, 15) is 19.8 Å². The number of ether oxygens (including phenoxy) is 1. The first-order valence-corrected chi connectivity index (χ1v) is 11.7. The third-order valence-corrected chi connectivity index (χ3v) is 6.53. The summed E-state index contributed by atoms with van der Waals surface area (Å²) in [6.07, 6.45) is 0. The van der Waals surface area contributed by atoms with Gasteiger partial charge in [0.05, 0.1) is 18.2 Å². The molecule has 3 aromatic rings. The molecule has 1 unspecified atom stereocenters. The first kappa shape index (κ1) is 23.9. The molecule has 2 N–H and O–H groups in total. The van der Waals surface area contributed by atoms with Crippen LogP contribution >= 0.6 is 27.5 Å². The van der Waals surface area contributed by atoms with Crippen LogP contribution in [0.3, 0.4) is 0 Å². The van der Waals surface area contributed by atoms with Gasteiger partial charge in [0.15, 0.2) is 11.5 Å². The summed E-state index contributed by atoms with van der Waals surface area (Å²) in [6.45, 7) is 3.92. The number of carbonyl (C=O) groups excluding carboxylic acids is 2. The van der Waals surface area contributed by atoms with Gasteiger partial charge in [0.25, 0.3) is 11.7 Å². The van der Waals surface area contributed by atoms with Gasteiger partial charge in [0.1, 0.15) is 5.76 Å². The van der Waals surface area contributed by atoms with Crippen LogP contribution in [0.1, 0.15) is 29.7 Å². The lowest BCUT2D eigenvalue weighted by atomic mass is 9.94. The number of benzene rings is 3. The number of amides is 1. The fraction of sp³-hybridized carbons (Fsp3) is 0.154. The maximum absolute atomic E-state index is 13.3. The van der Waals surface area contributed by atoms with Crippen LogP contribution in [0.4, 0.5) is 5.69 Å². The van der Waals surface area contributed by atoms with Gasteiger partial charge in [-0.2, -0.15) is 0 Å². The second-order valence-corrected chi connectivity index (χ2v) is 9.09. The minimum atomic E-state index is -0.970. The standard InChI is InChI=1S/C26H21BrClNO5/c1-3-34-21-12-16(7-11-20(21)30)23-22(24(31)15-5-8-17(27)9-6-15)25(32)26(33)29(23)18-10-4-14(2)19(28)13-18/h4-13,23,30-31H,3H2,1-2H3/b24-22+. The Balaban J connectivity index is 1.97. The van der Waals surface area contributed by atoms with Crippen molar-refractivity contribution in [2.75, 3.05) is 11.5 Å². The number of ketones is 1. The van der Waals surface area contributed by atoms with Gasteiger partial charge >= 0.3 is 0 Å². The number of aromatic hydroxyl groups is 1. The quantitative estimate of drug-likeness (QED) is 0.230. The Bertz CT molecular complexity index is 1320. The van der Waals surface area contributed by atoms with Gasteiger partial charge in [-0.05, 0) is 61.4 Å². The van der Waals surface area contributed by atoms with Crippen LogP contribution in [0, 0.1) is 6.92 Å². The number of anilines is 1. The molecule has 6 nitrogen and oxygen atoms in total. The first-order valence-electron chi connectivity index (χ1n) is 10.5. The molecule has 8 heteroatoms. The van der Waals surface area contributed by atoms with Gasteiger partial charge < -0.3 is 14.9 Å². The van der Waals surface area contributed by atoms with E-state index in [1.54, 1.807) is 61.5 Å². The zero-order valence-corrected chi connectivity index (χ0v) is 20.7. The largest absolute Gasteiger partial charge is 0.507 e. The van der Waals surface area contributed by atoms with Crippen LogP contribution in [-0.4, -0.2) is 28.5 Å². The number of aryl methyl sites for hydroxylation is 1. The molecule has 1 fully saturated rings. The van der Waals surface area contributed by atoms with E-state index in [1.165, 1.54) is 11.0 Å². The number of phenols is 1. The Morgan fingerprint density at radius 1 is 1.09 bits per heavy atom. The molecular formula is C26H21BrClNO5. The number of aliphatic hydroxyl groups is 1. The van der Waals surface area contributed by atoms with E-state index in [2.05, 4.69) is 15.9 Å². The average molecular weight is 543 g/mol. The van der Waals surface area contributed by atoms with Crippen molar-refractivity contribution in [1.82, 2.24) is 0 Å². The highest BCUT2D eigenvalue weighted by Crippen LogP contribution is 2.44. The Kier molecular flexibility index (Phi) is 6.68. The summed E-state index contributed by atoms with van der Waals surface area (Å²) in [5.41, 5.74) is 2.02. The van der Waals surface area contributed by atoms with Crippen molar-refractivity contribution in [1.29, 1.82) is 0 Å². The second kappa shape index (κ2) is 9.52. The van der Waals surface area contributed by atoms with Crippen molar-refractivity contribution in [3.63, 3.8) is 0 Å². The van der Waals surface area contributed by atoms with Crippen molar-refractivity contribution in [2.45, 2.75) is 19.9 Å². The smallest absolute Gasteiger partial charge is 0.300 e. The summed E-state index contributed by atoms with van der Waals surface area (Å²) in [6, 6.07) is 15.4. The molecule has 0 spiro atoms. The van der Waals surface area contributed by atoms with E-state index in [1.807, 2.05) is 6.92 Å². The summed E-state index contributed by atoms with van der Waals surface area (Å²) in [4.78, 5) is 27.8. The van der Waals surface area contributed by atoms with Crippen molar-refractivity contribution < 1.29 is 24.5 Å². The summed E-state index contributed by atoms with van der Waals surface area (Å²) in [5, 5.41) is 21.8. The number of hydrogen-bond acceptors (Lipinski definition) is 5. The molecule has 0 radical (unpaired) electrons. The van der Waals surface area contributed by atoms with E-state index in [-0.39, 0.29) is 22.8 Å². The summed E-state index contributed by atoms with van der Waals surface area (Å²) < 4.78 is 6.32. The number of phenolic OH excluding ortho intramolecular Hbond substituents is 1. The maximum atomic E-state index is 13.3. The molecule has 174 valence electrons. The van der Waals surface area contributed by atoms with Gasteiger partial charge in [0.2, 0.25) is 0 Å². The molecule has 34 heavy (non-hydrogen) atoms. The van der Waals surface area contributed by atoms with Crippen molar-refractivity contribution in [3.8, 4) is 11.5 Å². The number of Topliss-reactive ketones (excluding diaryl/α,β-unsaturated/α-hetero) is 1. The van der Waals surface area contributed by atoms with Crippen LogP contribution in [0.2, 0.25) is 5.02 Å². The predicted molar refractivity (Wildman–Crippen MR) is 134 cm³/mol. The zero-order chi connectivity index (χ0) is 24.6. The maximum Gasteiger partial charge on any atom is 0.300 e. The van der Waals surface area contributed by atoms with Gasteiger partial charge in [-0.1, -0.05) is 51.8 Å². The second-order valence-electron chi connectivity index (χ2n) is 7.77. The van der Waals surface area contributed by atoms with Crippen LogP contribution in [0.15, 0.2) is 70.7 Å². The van der Waals surface area contributed by atoms with Gasteiger partial charge in [-0.3, -0.25) is 14.5 Å². The van der Waals surface area contributed by atoms with Crippen molar-refractivity contribution >= 4 is 50.7 Å². The van der Waals surface area contributed by atoms with E-state index >= 15 is 0 Å². The number of halogens is 2. The molecule has 1 aliphatic rings. The van der Waals surface area contributed by atoms with Crippen LogP contribution in [0.5, 0.6) is 11.5 Å². The molecule has 0 aromatic heterocycles. The molecule has 0 aliphatic carbocycles. The van der Waals surface area contributed by atoms with E-state index in [0.29, 0.717) is 28.4 Å². The van der Waals surface area contributed by atoms with Crippen molar-refractivity contribution in [3.05, 3.63) is 92.4 Å². The number of hydrogen-bond donors (Lipinski definition) is 2. The lowest BCUT2D eigenvalue weighted by molar-refractivity contribution is -0.132. The molecule has 1 aliphatic heterocycles. The first-order chi connectivity index (χ1) is 16.2. The molecule has 1 atom stereocenters. The number of aliphatic hydroxyl groups excluding tert-OH is 1. The normalized spacial score (nSPS) is 17.3. The third-order valence-electron chi connectivity index (χ3n) is 5.60. The van der Waals surface area contributed by atoms with Crippen LogP contribution < -0.4 is 9.64 Å². The third kappa shape index (κ3) is 4.29. The Morgan fingerprint density at radius 2 is 1.79 bits per heavy atom. The minimum Gasteiger partial charge on any atom is -0.507 e. The molecule has 0 bridgehead atoms. The van der Waals surface area contributed by atoms with Crippen molar-refractivity contribution in [2.24, 2.45) is 0 Å². The van der Waals surface area contributed by atoms with E-state index in [0.717, 1.165) is 10.0 Å². The fourth-order valence-electron chi connectivity index (χ4n) is 3.88. The summed E-state index contributed by atoms with van der Waals surface area (Å²) in [5.74, 6) is -1.80.